The summed E-state index contributed by atoms with van der Waals surface area (Å²) in [6, 6.07) is 5.22. The van der Waals surface area contributed by atoms with E-state index in [4.69, 9.17) is 5.73 Å². The molecule has 0 aromatic heterocycles. The molecule has 74 valence electrons. The second-order valence-electron chi connectivity index (χ2n) is 2.93. The molecule has 0 saturated heterocycles. The average molecular weight is 191 g/mol. The van der Waals surface area contributed by atoms with Gasteiger partial charge in [-0.1, -0.05) is 36.9 Å². The van der Waals surface area contributed by atoms with Crippen molar-refractivity contribution in [2.45, 2.75) is 13.5 Å². The maximum atomic E-state index is 13.7. The molecule has 1 nitrogen and oxygen atoms in total. The van der Waals surface area contributed by atoms with Crippen LogP contribution in [0.4, 0.5) is 4.39 Å². The minimum absolute atomic E-state index is 0.216. The van der Waals surface area contributed by atoms with E-state index in [-0.39, 0.29) is 12.4 Å². The first kappa shape index (κ1) is 10.7. The van der Waals surface area contributed by atoms with E-state index in [0.29, 0.717) is 11.1 Å². The lowest BCUT2D eigenvalue weighted by atomic mass is 10.0. The Hall–Kier alpha value is -1.41. The third-order valence-electron chi connectivity index (χ3n) is 2.14. The van der Waals surface area contributed by atoms with Gasteiger partial charge in [-0.2, -0.15) is 0 Å². The molecule has 0 aliphatic carbocycles. The Labute approximate surface area is 83.7 Å². The standard InChI is InChI=1S/C12H14FN/c1-3-9(4-2)11-7-5-6-10(8-14)12(11)13/h3-7H,1,8,14H2,2H3/b9-4+. The number of nitrogens with two attached hydrogens (primary N) is 1. The van der Waals surface area contributed by atoms with Gasteiger partial charge in [-0.3, -0.25) is 0 Å². The predicted molar refractivity (Wildman–Crippen MR) is 58.1 cm³/mol. The summed E-state index contributed by atoms with van der Waals surface area (Å²) in [7, 11) is 0. The van der Waals surface area contributed by atoms with Gasteiger partial charge < -0.3 is 5.73 Å². The molecule has 1 rings (SSSR count). The fourth-order valence-corrected chi connectivity index (χ4v) is 1.34. The molecule has 0 saturated carbocycles. The zero-order valence-electron chi connectivity index (χ0n) is 8.26. The summed E-state index contributed by atoms with van der Waals surface area (Å²) in [5, 5.41) is 0. The highest BCUT2D eigenvalue weighted by Gasteiger charge is 2.07. The molecule has 0 unspecified atom stereocenters. The van der Waals surface area contributed by atoms with Gasteiger partial charge in [0.25, 0.3) is 0 Å². The van der Waals surface area contributed by atoms with E-state index in [9.17, 15) is 4.39 Å². The lowest BCUT2D eigenvalue weighted by Crippen LogP contribution is -2.01. The summed E-state index contributed by atoms with van der Waals surface area (Å²) < 4.78 is 13.7. The maximum absolute atomic E-state index is 13.7. The Morgan fingerprint density at radius 3 is 2.79 bits per heavy atom. The van der Waals surface area contributed by atoms with Gasteiger partial charge in [0, 0.05) is 17.7 Å². The van der Waals surface area contributed by atoms with Crippen LogP contribution in [0.3, 0.4) is 0 Å². The molecule has 1 aromatic carbocycles. The summed E-state index contributed by atoms with van der Waals surface area (Å²) in [4.78, 5) is 0. The largest absolute Gasteiger partial charge is 0.326 e. The molecule has 2 N–H and O–H groups in total. The van der Waals surface area contributed by atoms with E-state index >= 15 is 0 Å². The quantitative estimate of drug-likeness (QED) is 0.730. The van der Waals surface area contributed by atoms with Gasteiger partial charge in [0.2, 0.25) is 0 Å². The summed E-state index contributed by atoms with van der Waals surface area (Å²) in [6.45, 7) is 5.71. The molecule has 0 heterocycles. The van der Waals surface area contributed by atoms with Crippen LogP contribution in [0.2, 0.25) is 0 Å². The third kappa shape index (κ3) is 1.91. The molecule has 14 heavy (non-hydrogen) atoms. The number of rotatable bonds is 3. The smallest absolute Gasteiger partial charge is 0.135 e. The van der Waals surface area contributed by atoms with Crippen molar-refractivity contribution in [1.82, 2.24) is 0 Å². The highest BCUT2D eigenvalue weighted by molar-refractivity contribution is 5.73. The Balaban J connectivity index is 3.28. The minimum atomic E-state index is -0.247. The van der Waals surface area contributed by atoms with Crippen LogP contribution in [0.25, 0.3) is 5.57 Å². The number of benzene rings is 1. The van der Waals surface area contributed by atoms with Gasteiger partial charge >= 0.3 is 0 Å². The van der Waals surface area contributed by atoms with Crippen molar-refractivity contribution < 1.29 is 4.39 Å². The van der Waals surface area contributed by atoms with Crippen LogP contribution in [0, 0.1) is 5.82 Å². The Bertz CT molecular complexity index is 367. The molecular weight excluding hydrogens is 177 g/mol. The first-order valence-electron chi connectivity index (χ1n) is 4.51. The normalized spacial score (nSPS) is 11.5. The number of allylic oxidation sites excluding steroid dienone is 3. The van der Waals surface area contributed by atoms with Crippen LogP contribution >= 0.6 is 0 Å². The molecule has 0 amide bonds. The molecule has 0 bridgehead atoms. The third-order valence-corrected chi connectivity index (χ3v) is 2.14. The zero-order valence-corrected chi connectivity index (χ0v) is 8.26. The van der Waals surface area contributed by atoms with Gasteiger partial charge in [-0.25, -0.2) is 4.39 Å². The van der Waals surface area contributed by atoms with Crippen molar-refractivity contribution >= 4 is 5.57 Å². The van der Waals surface area contributed by atoms with Crippen LogP contribution in [-0.2, 0) is 6.54 Å². The fraction of sp³-hybridized carbons (Fsp3) is 0.167. The summed E-state index contributed by atoms with van der Waals surface area (Å²) >= 11 is 0. The van der Waals surface area contributed by atoms with Gasteiger partial charge in [-0.15, -0.1) is 0 Å². The molecule has 0 aliphatic rings. The number of hydrogen-bond donors (Lipinski definition) is 1. The molecule has 2 heteroatoms. The van der Waals surface area contributed by atoms with Crippen LogP contribution in [0.1, 0.15) is 18.1 Å². The molecule has 0 radical (unpaired) electrons. The molecule has 0 spiro atoms. The van der Waals surface area contributed by atoms with E-state index in [1.54, 1.807) is 24.3 Å². The van der Waals surface area contributed by atoms with Crippen molar-refractivity contribution in [1.29, 1.82) is 0 Å². The topological polar surface area (TPSA) is 26.0 Å². The van der Waals surface area contributed by atoms with E-state index in [1.807, 2.05) is 13.0 Å². The van der Waals surface area contributed by atoms with E-state index in [2.05, 4.69) is 6.58 Å². The van der Waals surface area contributed by atoms with Crippen molar-refractivity contribution in [3.05, 3.63) is 53.9 Å². The van der Waals surface area contributed by atoms with Crippen molar-refractivity contribution in [2.24, 2.45) is 5.73 Å². The predicted octanol–water partition coefficient (Wildman–Crippen LogP) is 2.87. The molecular formula is C12H14FN. The van der Waals surface area contributed by atoms with E-state index in [0.717, 1.165) is 5.57 Å². The van der Waals surface area contributed by atoms with Gasteiger partial charge in [-0.05, 0) is 12.5 Å². The second kappa shape index (κ2) is 4.72. The summed E-state index contributed by atoms with van der Waals surface area (Å²) in [6.07, 6.45) is 3.46. The van der Waals surface area contributed by atoms with Crippen molar-refractivity contribution in [2.75, 3.05) is 0 Å². The van der Waals surface area contributed by atoms with Crippen molar-refractivity contribution in [3.63, 3.8) is 0 Å². The highest BCUT2D eigenvalue weighted by Crippen LogP contribution is 2.21. The van der Waals surface area contributed by atoms with E-state index in [1.165, 1.54) is 0 Å². The van der Waals surface area contributed by atoms with Gasteiger partial charge in [0.05, 0.1) is 0 Å². The molecule has 0 aliphatic heterocycles. The van der Waals surface area contributed by atoms with Crippen molar-refractivity contribution in [3.8, 4) is 0 Å². The summed E-state index contributed by atoms with van der Waals surface area (Å²) in [5.41, 5.74) is 7.30. The average Bonchev–Trinajstić information content (AvgIpc) is 2.22. The Morgan fingerprint density at radius 1 is 1.57 bits per heavy atom. The molecule has 1 aromatic rings. The maximum Gasteiger partial charge on any atom is 0.135 e. The van der Waals surface area contributed by atoms with Gasteiger partial charge in [0.1, 0.15) is 5.82 Å². The molecule has 0 atom stereocenters. The summed E-state index contributed by atoms with van der Waals surface area (Å²) in [5.74, 6) is -0.247. The first-order valence-corrected chi connectivity index (χ1v) is 4.51. The van der Waals surface area contributed by atoms with Crippen LogP contribution < -0.4 is 5.73 Å². The molecule has 0 fully saturated rings. The van der Waals surface area contributed by atoms with Crippen LogP contribution in [0.15, 0.2) is 36.9 Å². The lowest BCUT2D eigenvalue weighted by molar-refractivity contribution is 0.607. The minimum Gasteiger partial charge on any atom is -0.326 e. The SMILES string of the molecule is C=C/C(=C\C)c1cccc(CN)c1F. The Morgan fingerprint density at radius 2 is 2.29 bits per heavy atom. The highest BCUT2D eigenvalue weighted by atomic mass is 19.1. The monoisotopic (exact) mass is 191 g/mol. The van der Waals surface area contributed by atoms with Crippen LogP contribution in [-0.4, -0.2) is 0 Å². The fourth-order valence-electron chi connectivity index (χ4n) is 1.34. The number of hydrogen-bond acceptors (Lipinski definition) is 1. The Kier molecular flexibility index (Phi) is 3.60. The first-order chi connectivity index (χ1) is 6.74. The van der Waals surface area contributed by atoms with Gasteiger partial charge in [0.15, 0.2) is 0 Å². The second-order valence-corrected chi connectivity index (χ2v) is 2.93. The van der Waals surface area contributed by atoms with Crippen LogP contribution in [0.5, 0.6) is 0 Å². The zero-order chi connectivity index (χ0) is 10.6. The lowest BCUT2D eigenvalue weighted by Gasteiger charge is -2.06. The number of halogens is 1. The van der Waals surface area contributed by atoms with E-state index < -0.39 is 0 Å².